The predicted octanol–water partition coefficient (Wildman–Crippen LogP) is 1.86. The number of rotatable bonds is 3. The highest BCUT2D eigenvalue weighted by Crippen LogP contribution is 2.29. The number of anilines is 1. The van der Waals surface area contributed by atoms with Crippen LogP contribution < -0.4 is 4.90 Å². The first-order valence-corrected chi connectivity index (χ1v) is 7.63. The Morgan fingerprint density at radius 2 is 2.50 bits per heavy atom. The van der Waals surface area contributed by atoms with Crippen molar-refractivity contribution in [2.24, 2.45) is 5.89 Å². The molecule has 7 heteroatoms. The van der Waals surface area contributed by atoms with Gasteiger partial charge >= 0.3 is 5.91 Å². The van der Waals surface area contributed by atoms with Gasteiger partial charge in [0, 0.05) is 27.2 Å². The number of H-pyrrole nitrogens is 1. The molecule has 1 aliphatic heterocycles. The van der Waals surface area contributed by atoms with Gasteiger partial charge in [0.15, 0.2) is 0 Å². The molecule has 1 saturated heterocycles. The van der Waals surface area contributed by atoms with Crippen LogP contribution in [0.15, 0.2) is 12.3 Å². The summed E-state index contributed by atoms with van der Waals surface area (Å²) in [5.74, 6) is -1.61. The molecule has 1 fully saturated rings. The Bertz CT molecular complexity index is 1010. The van der Waals surface area contributed by atoms with Crippen LogP contribution in [0.2, 0.25) is 0 Å². The number of aromatic amines is 1. The van der Waals surface area contributed by atoms with Crippen molar-refractivity contribution >= 4 is 22.8 Å². The van der Waals surface area contributed by atoms with Crippen LogP contribution in [0.1, 0.15) is 25.9 Å². The summed E-state index contributed by atoms with van der Waals surface area (Å²) in [6, 6.07) is -0.393. The van der Waals surface area contributed by atoms with Crippen LogP contribution in [-0.4, -0.2) is 58.4 Å². The number of piperidine rings is 1. The number of hydrogen-bond donors (Lipinski definition) is 1. The molecule has 0 aromatic carbocycles. The quantitative estimate of drug-likeness (QED) is 0.872. The monoisotopic (exact) mass is 331 g/mol. The maximum Gasteiger partial charge on any atom is 0.302 e. The normalized spacial score (nSPS) is 27.5. The van der Waals surface area contributed by atoms with E-state index in [4.69, 9.17) is 13.4 Å². The van der Waals surface area contributed by atoms with E-state index in [9.17, 15) is 4.79 Å². The average molecular weight is 331 g/mol. The average Bonchev–Trinajstić information content (AvgIpc) is 2.93. The number of likely N-dealkylation sites (N-methyl/N-ethyl adjacent to an activating group) is 1. The third-order valence-electron chi connectivity index (χ3n) is 4.38. The summed E-state index contributed by atoms with van der Waals surface area (Å²) in [5.41, 5.74) is 0.933. The fourth-order valence-electron chi connectivity index (χ4n) is 3.03. The van der Waals surface area contributed by atoms with Crippen LogP contribution in [-0.2, 0) is 4.79 Å². The Labute approximate surface area is 148 Å². The number of aryl methyl sites for hydroxylation is 1. The minimum absolute atomic E-state index is 0.0277. The molecule has 7 nitrogen and oxygen atoms in total. The smallest absolute Gasteiger partial charge is 0.302 e. The first kappa shape index (κ1) is 11.0. The second-order valence-corrected chi connectivity index (χ2v) is 5.94. The van der Waals surface area contributed by atoms with E-state index in [1.54, 1.807) is 25.8 Å². The van der Waals surface area contributed by atoms with Gasteiger partial charge in [0.1, 0.15) is 21.9 Å². The van der Waals surface area contributed by atoms with Gasteiger partial charge in [0.05, 0.1) is 12.8 Å². The Morgan fingerprint density at radius 1 is 1.71 bits per heavy atom. The molecule has 1 aliphatic rings. The molecule has 126 valence electrons. The van der Waals surface area contributed by atoms with E-state index in [0.29, 0.717) is 22.5 Å². The van der Waals surface area contributed by atoms with Gasteiger partial charge in [-0.25, -0.2) is 16.5 Å². The molecule has 3 heterocycles. The second-order valence-electron chi connectivity index (χ2n) is 5.94. The summed E-state index contributed by atoms with van der Waals surface area (Å²) in [6.45, 7) is 7.93. The number of aromatic nitrogens is 3. The molecule has 2 aromatic rings. The SMILES string of the molecule is [2H]c1nc(N(C)[C@H]2CN(C(=O)C([2H])([2H])[N+]#[C-])CC[C@@]2([2H])C)c2c([2H])c(C)[nH]c2n1. The number of carbonyl (C=O) groups is 1. The van der Waals surface area contributed by atoms with Crippen molar-refractivity contribution in [3.63, 3.8) is 0 Å². The highest BCUT2D eigenvalue weighted by molar-refractivity contribution is 5.88. The van der Waals surface area contributed by atoms with Crippen LogP contribution in [0, 0.1) is 19.4 Å². The van der Waals surface area contributed by atoms with Gasteiger partial charge in [-0.2, -0.15) is 0 Å². The first-order chi connectivity index (χ1) is 13.4. The predicted molar refractivity (Wildman–Crippen MR) is 92.6 cm³/mol. The number of nitrogens with one attached hydrogen (secondary N) is 1. The van der Waals surface area contributed by atoms with E-state index in [1.807, 2.05) is 0 Å². The third kappa shape index (κ3) is 2.92. The number of carbonyl (C=O) groups excluding carboxylic acids is 1. The summed E-state index contributed by atoms with van der Waals surface area (Å²) in [4.78, 5) is 29.3. The minimum Gasteiger partial charge on any atom is -0.354 e. The molecule has 0 aliphatic carbocycles. The summed E-state index contributed by atoms with van der Waals surface area (Å²) in [6.07, 6.45) is 0.0457. The first-order valence-electron chi connectivity index (χ1n) is 10.1. The molecule has 0 bridgehead atoms. The minimum atomic E-state index is -2.65. The number of hydrogen-bond acceptors (Lipinski definition) is 4. The fraction of sp³-hybridized carbons (Fsp3) is 0.529. The van der Waals surface area contributed by atoms with Gasteiger partial charge in [0.2, 0.25) is 0 Å². The van der Waals surface area contributed by atoms with Crippen LogP contribution in [0.5, 0.6) is 0 Å². The fourth-order valence-corrected chi connectivity index (χ4v) is 3.03. The molecule has 0 saturated carbocycles. The molecule has 1 N–H and O–H groups in total. The Balaban J connectivity index is 2.03. The van der Waals surface area contributed by atoms with Crippen molar-refractivity contribution in [3.8, 4) is 0 Å². The van der Waals surface area contributed by atoms with E-state index in [-0.39, 0.29) is 31.9 Å². The van der Waals surface area contributed by atoms with Crippen LogP contribution in [0.4, 0.5) is 5.82 Å². The largest absolute Gasteiger partial charge is 0.354 e. The maximum atomic E-state index is 12.5. The van der Waals surface area contributed by atoms with Crippen molar-refractivity contribution in [3.05, 3.63) is 29.5 Å². The third-order valence-corrected chi connectivity index (χ3v) is 4.38. The highest BCUT2D eigenvalue weighted by atomic mass is 16.2. The number of likely N-dealkylation sites (tertiary alicyclic amines) is 1. The van der Waals surface area contributed by atoms with E-state index in [1.165, 1.54) is 4.90 Å². The summed E-state index contributed by atoms with van der Waals surface area (Å²) in [7, 11) is 1.68. The lowest BCUT2D eigenvalue weighted by Crippen LogP contribution is -2.53. The Hall–Kier alpha value is -2.62. The number of fused-ring (bicyclic) bond motifs is 1. The van der Waals surface area contributed by atoms with Gasteiger partial charge in [0.25, 0.3) is 6.50 Å². The lowest BCUT2D eigenvalue weighted by Gasteiger charge is -2.41. The molecule has 2 aromatic heterocycles. The van der Waals surface area contributed by atoms with Crippen molar-refractivity contribution in [1.29, 1.82) is 0 Å². The van der Waals surface area contributed by atoms with Crippen LogP contribution >= 0.6 is 0 Å². The van der Waals surface area contributed by atoms with Crippen molar-refractivity contribution in [1.82, 2.24) is 19.9 Å². The van der Waals surface area contributed by atoms with Crippen molar-refractivity contribution in [2.45, 2.75) is 26.3 Å². The molecular formula is C17H22N6O. The number of nitrogens with zero attached hydrogens (tertiary/aromatic N) is 5. The zero-order valence-corrected chi connectivity index (χ0v) is 13.8. The summed E-state index contributed by atoms with van der Waals surface area (Å²) >= 11 is 0. The molecule has 2 atom stereocenters. The Kier molecular flexibility index (Phi) is 2.97. The molecule has 3 rings (SSSR count). The van der Waals surface area contributed by atoms with Crippen LogP contribution in [0.3, 0.4) is 0 Å². The lowest BCUT2D eigenvalue weighted by molar-refractivity contribution is -0.130. The molecular weight excluding hydrogens is 304 g/mol. The topological polar surface area (TPSA) is 69.5 Å². The second kappa shape index (κ2) is 6.48. The van der Waals surface area contributed by atoms with Crippen molar-refractivity contribution < 1.29 is 11.6 Å². The van der Waals surface area contributed by atoms with Gasteiger partial charge < -0.3 is 19.6 Å². The van der Waals surface area contributed by atoms with Gasteiger partial charge in [-0.15, -0.1) is 0 Å². The molecule has 0 unspecified atom stereocenters. The van der Waals surface area contributed by atoms with Crippen LogP contribution in [0.25, 0.3) is 15.9 Å². The van der Waals surface area contributed by atoms with Gasteiger partial charge in [-0.3, -0.25) is 4.79 Å². The van der Waals surface area contributed by atoms with E-state index in [2.05, 4.69) is 19.8 Å². The van der Waals surface area contributed by atoms with E-state index in [0.717, 1.165) is 0 Å². The maximum absolute atomic E-state index is 12.5. The van der Waals surface area contributed by atoms with E-state index >= 15 is 0 Å². The standard InChI is InChI=1S/C17H22N6O/c1-11-5-6-23(15(24)8-18-3)9-14(11)22(4)17-13-7-12(2)21-16(13)19-10-20-17/h7,10-11,14H,5-6,8-9H2,1-2,4H3,(H,19,20,21)/t11-,14+/m1/s1/i7D,8D2,10D,11D. The van der Waals surface area contributed by atoms with Crippen molar-refractivity contribution in [2.75, 3.05) is 31.5 Å². The molecule has 24 heavy (non-hydrogen) atoms. The Morgan fingerprint density at radius 3 is 3.25 bits per heavy atom. The lowest BCUT2D eigenvalue weighted by atomic mass is 9.92. The molecule has 0 radical (unpaired) electrons. The zero-order valence-electron chi connectivity index (χ0n) is 18.8. The highest BCUT2D eigenvalue weighted by Gasteiger charge is 2.33. The zero-order chi connectivity index (χ0) is 21.7. The van der Waals surface area contributed by atoms with Gasteiger partial charge in [-0.1, -0.05) is 6.92 Å². The summed E-state index contributed by atoms with van der Waals surface area (Å²) in [5, 5.41) is 0.428. The molecule has 1 amide bonds. The van der Waals surface area contributed by atoms with Gasteiger partial charge in [-0.05, 0) is 25.3 Å². The summed E-state index contributed by atoms with van der Waals surface area (Å²) < 4.78 is 40.2. The van der Waals surface area contributed by atoms with E-state index < -0.39 is 24.3 Å². The molecule has 0 spiro atoms. The number of amides is 1.